The van der Waals surface area contributed by atoms with E-state index in [1.165, 1.54) is 6.92 Å². The first-order valence-corrected chi connectivity index (χ1v) is 7.21. The highest BCUT2D eigenvalue weighted by atomic mass is 16.5. The summed E-state index contributed by atoms with van der Waals surface area (Å²) in [5.41, 5.74) is 1.39. The first-order valence-electron chi connectivity index (χ1n) is 7.21. The number of amides is 1. The maximum absolute atomic E-state index is 12.4. The van der Waals surface area contributed by atoms with E-state index in [0.717, 1.165) is 5.01 Å². The molecule has 1 aliphatic heterocycles. The predicted octanol–water partition coefficient (Wildman–Crippen LogP) is 1.52. The standard InChI is InChI=1S/C16H16N4O4/c1-9-13(16(22)23)15(21)20(18-9)10-4-5-12(24-3)11(8-10)14-17-6-7-19(14)2/h4-8,13H,1-3H3,(H,22,23). The number of ether oxygens (including phenoxy) is 1. The molecule has 1 aromatic heterocycles. The number of carbonyl (C=O) groups is 2. The number of methoxy groups -OCH3 is 1. The van der Waals surface area contributed by atoms with Crippen LogP contribution in [0.5, 0.6) is 5.75 Å². The number of aryl methyl sites for hydroxylation is 1. The van der Waals surface area contributed by atoms with Gasteiger partial charge in [0.2, 0.25) is 0 Å². The van der Waals surface area contributed by atoms with E-state index in [-0.39, 0.29) is 5.71 Å². The Morgan fingerprint density at radius 3 is 2.67 bits per heavy atom. The number of carbonyl (C=O) groups excluding carboxylic acids is 1. The van der Waals surface area contributed by atoms with Crippen LogP contribution in [0.25, 0.3) is 11.4 Å². The monoisotopic (exact) mass is 328 g/mol. The molecule has 0 fully saturated rings. The van der Waals surface area contributed by atoms with Gasteiger partial charge in [-0.1, -0.05) is 0 Å². The van der Waals surface area contributed by atoms with E-state index in [2.05, 4.69) is 10.1 Å². The quantitative estimate of drug-likeness (QED) is 0.858. The van der Waals surface area contributed by atoms with Gasteiger partial charge in [-0.05, 0) is 25.1 Å². The molecule has 0 aliphatic carbocycles. The first-order chi connectivity index (χ1) is 11.4. The number of hydrogen-bond acceptors (Lipinski definition) is 5. The summed E-state index contributed by atoms with van der Waals surface area (Å²) < 4.78 is 7.18. The van der Waals surface area contributed by atoms with E-state index in [1.54, 1.807) is 37.7 Å². The van der Waals surface area contributed by atoms with Gasteiger partial charge >= 0.3 is 5.97 Å². The molecule has 1 atom stereocenters. The summed E-state index contributed by atoms with van der Waals surface area (Å²) >= 11 is 0. The minimum atomic E-state index is -1.25. The Labute approximate surface area is 138 Å². The lowest BCUT2D eigenvalue weighted by molar-refractivity contribution is -0.142. The number of carboxylic acid groups (broad SMARTS) is 1. The minimum Gasteiger partial charge on any atom is -0.496 e. The van der Waals surface area contributed by atoms with Gasteiger partial charge in [0.25, 0.3) is 5.91 Å². The molecule has 2 heterocycles. The molecular weight excluding hydrogens is 312 g/mol. The second-order valence-corrected chi connectivity index (χ2v) is 5.41. The van der Waals surface area contributed by atoms with Crippen molar-refractivity contribution in [3.63, 3.8) is 0 Å². The van der Waals surface area contributed by atoms with Crippen LogP contribution in [0.4, 0.5) is 5.69 Å². The number of carboxylic acids is 1. The molecule has 1 unspecified atom stereocenters. The molecule has 1 N–H and O–H groups in total. The molecule has 0 spiro atoms. The number of hydrazone groups is 1. The number of rotatable bonds is 4. The molecular formula is C16H16N4O4. The van der Waals surface area contributed by atoms with Crippen molar-refractivity contribution in [2.75, 3.05) is 12.1 Å². The van der Waals surface area contributed by atoms with Crippen molar-refractivity contribution in [2.45, 2.75) is 6.92 Å². The fourth-order valence-corrected chi connectivity index (χ4v) is 2.66. The number of aliphatic carboxylic acids is 1. The van der Waals surface area contributed by atoms with Crippen LogP contribution in [0.3, 0.4) is 0 Å². The zero-order valence-corrected chi connectivity index (χ0v) is 13.4. The third kappa shape index (κ3) is 2.41. The maximum Gasteiger partial charge on any atom is 0.322 e. The fourth-order valence-electron chi connectivity index (χ4n) is 2.66. The Bertz CT molecular complexity index is 856. The fraction of sp³-hybridized carbons (Fsp3) is 0.250. The van der Waals surface area contributed by atoms with E-state index >= 15 is 0 Å². The van der Waals surface area contributed by atoms with E-state index in [9.17, 15) is 14.7 Å². The van der Waals surface area contributed by atoms with Crippen LogP contribution in [-0.4, -0.2) is 39.4 Å². The SMILES string of the molecule is COc1ccc(N2N=C(C)C(C(=O)O)C2=O)cc1-c1nccn1C. The first kappa shape index (κ1) is 15.7. The average Bonchev–Trinajstić information content (AvgIpc) is 3.09. The normalized spacial score (nSPS) is 17.1. The number of aromatic nitrogens is 2. The Hall–Kier alpha value is -3.16. The molecule has 2 aromatic rings. The molecule has 1 amide bonds. The second kappa shape index (κ2) is 5.80. The van der Waals surface area contributed by atoms with Gasteiger partial charge in [0, 0.05) is 19.4 Å². The molecule has 1 aromatic carbocycles. The van der Waals surface area contributed by atoms with Gasteiger partial charge in [0.05, 0.1) is 24.1 Å². The molecule has 24 heavy (non-hydrogen) atoms. The van der Waals surface area contributed by atoms with Crippen molar-refractivity contribution in [3.05, 3.63) is 30.6 Å². The molecule has 0 radical (unpaired) electrons. The summed E-state index contributed by atoms with van der Waals surface area (Å²) in [5, 5.41) is 14.4. The average molecular weight is 328 g/mol. The smallest absolute Gasteiger partial charge is 0.322 e. The van der Waals surface area contributed by atoms with Crippen molar-refractivity contribution in [2.24, 2.45) is 18.1 Å². The molecule has 8 nitrogen and oxygen atoms in total. The van der Waals surface area contributed by atoms with Crippen LogP contribution in [0, 0.1) is 5.92 Å². The van der Waals surface area contributed by atoms with Crippen LogP contribution >= 0.6 is 0 Å². The second-order valence-electron chi connectivity index (χ2n) is 5.41. The summed E-state index contributed by atoms with van der Waals surface area (Å²) in [6.07, 6.45) is 3.45. The Kier molecular flexibility index (Phi) is 3.80. The van der Waals surface area contributed by atoms with Gasteiger partial charge in [-0.3, -0.25) is 9.59 Å². The van der Waals surface area contributed by atoms with Crippen molar-refractivity contribution in [1.82, 2.24) is 9.55 Å². The van der Waals surface area contributed by atoms with Crippen molar-refractivity contribution in [1.29, 1.82) is 0 Å². The molecule has 3 rings (SSSR count). The summed E-state index contributed by atoms with van der Waals surface area (Å²) in [6, 6.07) is 5.07. The largest absolute Gasteiger partial charge is 0.496 e. The van der Waals surface area contributed by atoms with Gasteiger partial charge < -0.3 is 14.4 Å². The Balaban J connectivity index is 2.07. The van der Waals surface area contributed by atoms with Crippen molar-refractivity contribution >= 4 is 23.3 Å². The molecule has 124 valence electrons. The topological polar surface area (TPSA) is 97.0 Å². The van der Waals surface area contributed by atoms with Gasteiger partial charge in [0.1, 0.15) is 11.6 Å². The summed E-state index contributed by atoms with van der Waals surface area (Å²) in [7, 11) is 3.39. The van der Waals surface area contributed by atoms with Crippen LogP contribution in [0.15, 0.2) is 35.7 Å². The Morgan fingerprint density at radius 1 is 1.38 bits per heavy atom. The zero-order valence-electron chi connectivity index (χ0n) is 13.4. The summed E-state index contributed by atoms with van der Waals surface area (Å²) in [6.45, 7) is 1.53. The van der Waals surface area contributed by atoms with E-state index < -0.39 is 17.8 Å². The highest BCUT2D eigenvalue weighted by Gasteiger charge is 2.40. The third-order valence-electron chi connectivity index (χ3n) is 3.87. The third-order valence-corrected chi connectivity index (χ3v) is 3.87. The summed E-state index contributed by atoms with van der Waals surface area (Å²) in [5.74, 6) is -1.78. The lowest BCUT2D eigenvalue weighted by atomic mass is 10.1. The van der Waals surface area contributed by atoms with E-state index in [1.807, 2.05) is 11.6 Å². The number of anilines is 1. The highest BCUT2D eigenvalue weighted by molar-refractivity contribution is 6.25. The molecule has 0 bridgehead atoms. The molecule has 0 saturated heterocycles. The van der Waals surface area contributed by atoms with E-state index in [0.29, 0.717) is 22.8 Å². The highest BCUT2D eigenvalue weighted by Crippen LogP contribution is 2.34. The molecule has 0 saturated carbocycles. The summed E-state index contributed by atoms with van der Waals surface area (Å²) in [4.78, 5) is 27.9. The zero-order chi connectivity index (χ0) is 17.4. The minimum absolute atomic E-state index is 0.252. The number of imidazole rings is 1. The number of nitrogens with zero attached hydrogens (tertiary/aromatic N) is 4. The lowest BCUT2D eigenvalue weighted by Gasteiger charge is -2.16. The van der Waals surface area contributed by atoms with E-state index in [4.69, 9.17) is 4.74 Å². The van der Waals surface area contributed by atoms with Crippen LogP contribution in [0.1, 0.15) is 6.92 Å². The van der Waals surface area contributed by atoms with Crippen LogP contribution < -0.4 is 9.75 Å². The van der Waals surface area contributed by atoms with Crippen LogP contribution in [0.2, 0.25) is 0 Å². The number of benzene rings is 1. The molecule has 8 heteroatoms. The lowest BCUT2D eigenvalue weighted by Crippen LogP contribution is -2.32. The van der Waals surface area contributed by atoms with Gasteiger partial charge in [-0.15, -0.1) is 0 Å². The predicted molar refractivity (Wildman–Crippen MR) is 86.9 cm³/mol. The molecule has 1 aliphatic rings. The maximum atomic E-state index is 12.4. The van der Waals surface area contributed by atoms with Crippen molar-refractivity contribution < 1.29 is 19.4 Å². The number of hydrogen-bond donors (Lipinski definition) is 1. The van der Waals surface area contributed by atoms with Crippen molar-refractivity contribution in [3.8, 4) is 17.1 Å². The van der Waals surface area contributed by atoms with Gasteiger partial charge in [-0.25, -0.2) is 4.98 Å². The Morgan fingerprint density at radius 2 is 2.12 bits per heavy atom. The van der Waals surface area contributed by atoms with Crippen LogP contribution in [-0.2, 0) is 16.6 Å². The van der Waals surface area contributed by atoms with Gasteiger partial charge in [-0.2, -0.15) is 10.1 Å². The van der Waals surface area contributed by atoms with Gasteiger partial charge in [0.15, 0.2) is 5.92 Å².